The van der Waals surface area contributed by atoms with E-state index in [2.05, 4.69) is 4.98 Å². The number of aromatic nitrogens is 1. The number of pyridine rings is 1. The Kier molecular flexibility index (Phi) is 10.1. The fourth-order valence-electron chi connectivity index (χ4n) is 6.30. The van der Waals surface area contributed by atoms with Crippen molar-refractivity contribution in [2.45, 2.75) is 108 Å². The Bertz CT molecular complexity index is 626. The molecule has 0 radical (unpaired) electrons. The van der Waals surface area contributed by atoms with Gasteiger partial charge in [-0.3, -0.25) is 0 Å². The molecule has 0 unspecified atom stereocenters. The van der Waals surface area contributed by atoms with Crippen molar-refractivity contribution >= 4 is 37.3 Å². The van der Waals surface area contributed by atoms with E-state index in [4.69, 9.17) is 21.8 Å². The number of halogens is 1. The molecule has 3 aliphatic carbocycles. The smallest absolute Gasteiger partial charge is 0.341 e. The molecule has 0 amide bonds. The van der Waals surface area contributed by atoms with Crippen LogP contribution in [-0.4, -0.2) is 40.9 Å². The predicted octanol–water partition coefficient (Wildman–Crippen LogP) is 7.36. The van der Waals surface area contributed by atoms with Gasteiger partial charge in [0.25, 0.3) is 0 Å². The van der Waals surface area contributed by atoms with Crippen molar-refractivity contribution in [1.82, 2.24) is 4.98 Å². The van der Waals surface area contributed by atoms with Crippen LogP contribution in [0.5, 0.6) is 5.88 Å². The summed E-state index contributed by atoms with van der Waals surface area (Å²) < 4.78 is 4.00. The molecule has 3 saturated carbocycles. The number of nitrogens with zero attached hydrogens (tertiary/aromatic N) is 1. The van der Waals surface area contributed by atoms with E-state index in [1.807, 2.05) is 0 Å². The molecule has 0 aliphatic heterocycles. The number of carboxylic acid groups (broad SMARTS) is 1. The van der Waals surface area contributed by atoms with Crippen molar-refractivity contribution < 1.29 is 15.0 Å². The van der Waals surface area contributed by atoms with E-state index >= 15 is 0 Å². The van der Waals surface area contributed by atoms with Gasteiger partial charge in [0, 0.05) is 6.20 Å². The molecule has 4 nitrogen and oxygen atoms in total. The molecule has 3 fully saturated rings. The molecule has 6 heteroatoms. The first kappa shape index (κ1) is 24.2. The molecule has 0 bridgehead atoms. The average Bonchev–Trinajstić information content (AvgIpc) is 2.78. The first-order chi connectivity index (χ1) is 14.6. The van der Waals surface area contributed by atoms with Crippen LogP contribution in [0.2, 0.25) is 16.8 Å². The van der Waals surface area contributed by atoms with E-state index < -0.39 is 31.6 Å². The molecular weight excluding hydrogens is 504 g/mol. The van der Waals surface area contributed by atoms with Crippen molar-refractivity contribution in [3.63, 3.8) is 0 Å². The number of aromatic hydroxyl groups is 1. The molecule has 2 N–H and O–H groups in total. The molecule has 0 atom stereocenters. The summed E-state index contributed by atoms with van der Waals surface area (Å²) >= 11 is 4.12. The van der Waals surface area contributed by atoms with Crippen LogP contribution in [0.25, 0.3) is 0 Å². The van der Waals surface area contributed by atoms with Gasteiger partial charge in [0.15, 0.2) is 0 Å². The zero-order valence-electron chi connectivity index (χ0n) is 18.2. The normalized spacial score (nSPS) is 21.8. The molecule has 1 aromatic heterocycles. The van der Waals surface area contributed by atoms with E-state index in [1.165, 1.54) is 18.0 Å². The fourth-order valence-corrected chi connectivity index (χ4v) is 23.7. The van der Waals surface area contributed by atoms with Gasteiger partial charge < -0.3 is 10.2 Å². The quantitative estimate of drug-likeness (QED) is 0.390. The van der Waals surface area contributed by atoms with Crippen LogP contribution in [0.15, 0.2) is 12.3 Å². The maximum Gasteiger partial charge on any atom is 0.341 e. The minimum atomic E-state index is -1.31. The second kappa shape index (κ2) is 12.5. The van der Waals surface area contributed by atoms with Crippen LogP contribution in [-0.2, 0) is 0 Å². The Labute approximate surface area is 193 Å². The van der Waals surface area contributed by atoms with Crippen LogP contribution in [0, 0.1) is 0 Å². The van der Waals surface area contributed by atoms with Crippen LogP contribution in [0.4, 0.5) is 0 Å². The van der Waals surface area contributed by atoms with Gasteiger partial charge in [-0.1, -0.05) is 11.6 Å². The Morgan fingerprint density at radius 1 is 0.833 bits per heavy atom. The van der Waals surface area contributed by atoms with Crippen LogP contribution in [0.1, 0.15) is 107 Å². The monoisotopic (exact) mass is 543 g/mol. The van der Waals surface area contributed by atoms with Gasteiger partial charge in [-0.25, -0.2) is 9.78 Å². The van der Waals surface area contributed by atoms with Crippen LogP contribution < -0.4 is 0 Å². The third-order valence-electron chi connectivity index (χ3n) is 7.65. The number of hydrogen-bond acceptors (Lipinski definition) is 3. The summed E-state index contributed by atoms with van der Waals surface area (Å²) in [5, 5.41) is 17.5. The Morgan fingerprint density at radius 2 is 1.23 bits per heavy atom. The van der Waals surface area contributed by atoms with Crippen molar-refractivity contribution in [3.05, 3.63) is 22.8 Å². The zero-order chi connectivity index (χ0) is 21.3. The minimum absolute atomic E-state index is 0.181. The van der Waals surface area contributed by atoms with Gasteiger partial charge in [-0.15, -0.1) is 0 Å². The second-order valence-electron chi connectivity index (χ2n) is 9.60. The number of carboxylic acids is 1. The minimum Gasteiger partial charge on any atom is -0.493 e. The summed E-state index contributed by atoms with van der Waals surface area (Å²) in [4.78, 5) is 13.7. The first-order valence-corrected chi connectivity index (χ1v) is 18.2. The number of aromatic carboxylic acids is 1. The summed E-state index contributed by atoms with van der Waals surface area (Å²) in [5.74, 6) is -1.78. The van der Waals surface area contributed by atoms with Gasteiger partial charge >= 0.3 is 134 Å². The number of hydrogen-bond donors (Lipinski definition) is 2. The van der Waals surface area contributed by atoms with Gasteiger partial charge in [0.1, 0.15) is 5.56 Å². The molecule has 4 rings (SSSR count). The maximum absolute atomic E-state index is 10.3. The third kappa shape index (κ3) is 7.01. The number of carbonyl (C=O) groups is 1. The Morgan fingerprint density at radius 3 is 1.57 bits per heavy atom. The van der Waals surface area contributed by atoms with Crippen LogP contribution in [0.3, 0.4) is 0 Å². The van der Waals surface area contributed by atoms with Gasteiger partial charge in [0.2, 0.25) is 5.88 Å². The Hall–Kier alpha value is -0.491. The van der Waals surface area contributed by atoms with E-state index in [0.29, 0.717) is 0 Å². The first-order valence-electron chi connectivity index (χ1n) is 12.1. The largest absolute Gasteiger partial charge is 0.493 e. The molecule has 30 heavy (non-hydrogen) atoms. The molecular formula is C24H38ClNO3Sn. The summed E-state index contributed by atoms with van der Waals surface area (Å²) in [6.45, 7) is 0. The molecule has 0 saturated heterocycles. The van der Waals surface area contributed by atoms with Crippen molar-refractivity contribution in [2.75, 3.05) is 0 Å². The van der Waals surface area contributed by atoms with Gasteiger partial charge in [-0.05, 0) is 6.07 Å². The molecule has 0 spiro atoms. The molecule has 168 valence electrons. The summed E-state index contributed by atoms with van der Waals surface area (Å²) in [5.41, 5.74) is -0.294. The van der Waals surface area contributed by atoms with Crippen molar-refractivity contribution in [2.24, 2.45) is 0 Å². The summed E-state index contributed by atoms with van der Waals surface area (Å²) in [7, 11) is 0. The van der Waals surface area contributed by atoms with E-state index in [0.717, 1.165) is 6.07 Å². The van der Waals surface area contributed by atoms with Gasteiger partial charge in [-0.2, -0.15) is 0 Å². The van der Waals surface area contributed by atoms with Crippen molar-refractivity contribution in [1.29, 1.82) is 0 Å². The molecule has 1 heterocycles. The average molecular weight is 543 g/mol. The standard InChI is InChI=1S/C6H4ClNO3.3C6H11.Sn.H/c7-3-1-4(6(10)11)5(9)8-2-3;3*1-2-4-6-5-3-1;;/h1-2H,(H,8,9)(H,10,11);3*1H,2-6H2;;. The van der Waals surface area contributed by atoms with Gasteiger partial charge in [0.05, 0.1) is 5.02 Å². The van der Waals surface area contributed by atoms with E-state index in [9.17, 15) is 4.79 Å². The van der Waals surface area contributed by atoms with Crippen molar-refractivity contribution in [3.8, 4) is 5.88 Å². The zero-order valence-corrected chi connectivity index (χ0v) is 22.3. The predicted molar refractivity (Wildman–Crippen MR) is 126 cm³/mol. The topological polar surface area (TPSA) is 70.4 Å². The van der Waals surface area contributed by atoms with Crippen LogP contribution >= 0.6 is 11.6 Å². The fraction of sp³-hybridized carbons (Fsp3) is 0.750. The second-order valence-corrected chi connectivity index (χ2v) is 21.4. The molecule has 3 aliphatic rings. The summed E-state index contributed by atoms with van der Waals surface area (Å²) in [6.07, 6.45) is 25.5. The molecule has 0 aromatic carbocycles. The maximum atomic E-state index is 10.3. The summed E-state index contributed by atoms with van der Waals surface area (Å²) in [6, 6.07) is 1.13. The number of rotatable bonds is 4. The SMILES string of the molecule is C1CC[CH]([SnH]([CH]2CCCCC2)[CH]2CCCCC2)CC1.O=C(O)c1cc(Cl)cnc1O. The van der Waals surface area contributed by atoms with E-state index in [1.54, 1.807) is 96.3 Å². The molecule has 1 aromatic rings. The Balaban J connectivity index is 0.000000199. The third-order valence-corrected chi connectivity index (χ3v) is 22.9. The van der Waals surface area contributed by atoms with E-state index in [-0.39, 0.29) is 10.6 Å².